The van der Waals surface area contributed by atoms with E-state index in [1.54, 1.807) is 24.3 Å². The van der Waals surface area contributed by atoms with Gasteiger partial charge in [0.05, 0.1) is 22.7 Å². The second-order valence-electron chi connectivity index (χ2n) is 11.1. The summed E-state index contributed by atoms with van der Waals surface area (Å²) in [6.07, 6.45) is 3.34. The van der Waals surface area contributed by atoms with E-state index in [9.17, 15) is 14.0 Å². The molecule has 0 spiro atoms. The van der Waals surface area contributed by atoms with Crippen molar-refractivity contribution in [2.45, 2.75) is 51.5 Å². The lowest BCUT2D eigenvalue weighted by Crippen LogP contribution is -2.55. The zero-order chi connectivity index (χ0) is 27.4. The Bertz CT molecular complexity index is 1300. The Kier molecular flexibility index (Phi) is 8.57. The van der Waals surface area contributed by atoms with Gasteiger partial charge in [-0.05, 0) is 88.0 Å². The highest BCUT2D eigenvalue weighted by molar-refractivity contribution is 6.05. The molecule has 0 aliphatic carbocycles. The predicted molar refractivity (Wildman–Crippen MR) is 151 cm³/mol. The van der Waals surface area contributed by atoms with Crippen molar-refractivity contribution >= 4 is 28.5 Å². The third-order valence-corrected chi connectivity index (χ3v) is 8.23. The summed E-state index contributed by atoms with van der Waals surface area (Å²) >= 11 is 0. The van der Waals surface area contributed by atoms with Crippen LogP contribution in [-0.2, 0) is 4.79 Å². The monoisotopic (exact) mass is 534 g/mol. The van der Waals surface area contributed by atoms with Crippen LogP contribution in [0.2, 0.25) is 0 Å². The quantitative estimate of drug-likeness (QED) is 0.298. The van der Waals surface area contributed by atoms with Gasteiger partial charge in [0, 0.05) is 12.0 Å². The summed E-state index contributed by atoms with van der Waals surface area (Å²) in [5.74, 6) is -0.233. The molecule has 2 aromatic carbocycles. The van der Waals surface area contributed by atoms with Gasteiger partial charge in [-0.3, -0.25) is 9.59 Å². The maximum Gasteiger partial charge on any atom is 0.253 e. The highest BCUT2D eigenvalue weighted by Crippen LogP contribution is 2.33. The van der Waals surface area contributed by atoms with Crippen LogP contribution >= 0.6 is 0 Å². The number of rotatable bonds is 8. The Morgan fingerprint density at radius 2 is 1.59 bits per heavy atom. The third-order valence-electron chi connectivity index (χ3n) is 8.23. The van der Waals surface area contributed by atoms with Crippen LogP contribution in [-0.4, -0.2) is 54.0 Å². The molecule has 9 heteroatoms. The topological polar surface area (TPSA) is 111 Å². The van der Waals surface area contributed by atoms with Crippen LogP contribution in [0.1, 0.15) is 61.6 Å². The summed E-state index contributed by atoms with van der Waals surface area (Å²) in [5, 5.41) is 13.0. The Morgan fingerprint density at radius 1 is 0.923 bits per heavy atom. The first kappa shape index (κ1) is 27.3. The normalized spacial score (nSPS) is 18.7. The number of hydrogen-bond acceptors (Lipinski definition) is 5. The fourth-order valence-electron chi connectivity index (χ4n) is 6.09. The molecule has 2 fully saturated rings. The minimum absolute atomic E-state index is 0.0620. The number of piperidine rings is 2. The van der Waals surface area contributed by atoms with Gasteiger partial charge in [-0.2, -0.15) is 0 Å². The minimum atomic E-state index is -0.497. The van der Waals surface area contributed by atoms with Gasteiger partial charge < -0.3 is 26.3 Å². The van der Waals surface area contributed by atoms with Crippen molar-refractivity contribution in [3.05, 3.63) is 59.7 Å². The number of carbonyl (C=O) groups is 2. The largest absolute Gasteiger partial charge is 0.348 e. The number of H-pyrrole nitrogens is 1. The van der Waals surface area contributed by atoms with Gasteiger partial charge in [0.15, 0.2) is 0 Å². The SMILES string of the molecule is CC(C)c1nc2c(C(=O)NC(C3CCNCC3)C(C(=O)Nc3ccccc3F)C3CCNCC3)cccc2[nH]1. The number of imidazole rings is 1. The number of nitrogens with zero attached hydrogens (tertiary/aromatic N) is 1. The molecule has 5 rings (SSSR count). The number of anilines is 1. The molecule has 208 valence electrons. The van der Waals surface area contributed by atoms with Gasteiger partial charge in [-0.15, -0.1) is 0 Å². The van der Waals surface area contributed by atoms with Gasteiger partial charge in [-0.1, -0.05) is 32.0 Å². The van der Waals surface area contributed by atoms with E-state index < -0.39 is 17.8 Å². The minimum Gasteiger partial charge on any atom is -0.348 e. The smallest absolute Gasteiger partial charge is 0.253 e. The number of nitrogens with one attached hydrogen (secondary N) is 5. The van der Waals surface area contributed by atoms with Crippen molar-refractivity contribution in [3.63, 3.8) is 0 Å². The van der Waals surface area contributed by atoms with Crippen molar-refractivity contribution in [3.8, 4) is 0 Å². The number of carbonyl (C=O) groups excluding carboxylic acids is 2. The molecular weight excluding hydrogens is 495 g/mol. The van der Waals surface area contributed by atoms with Crippen molar-refractivity contribution in [2.24, 2.45) is 17.8 Å². The van der Waals surface area contributed by atoms with Crippen LogP contribution < -0.4 is 21.3 Å². The molecule has 5 N–H and O–H groups in total. The van der Waals surface area contributed by atoms with E-state index in [0.717, 1.165) is 63.2 Å². The van der Waals surface area contributed by atoms with Crippen LogP contribution in [0.5, 0.6) is 0 Å². The number of aromatic amines is 1. The molecule has 2 aliphatic heterocycles. The Balaban J connectivity index is 1.49. The molecule has 2 aliphatic rings. The lowest BCUT2D eigenvalue weighted by atomic mass is 9.73. The van der Waals surface area contributed by atoms with Crippen molar-refractivity contribution in [1.82, 2.24) is 25.9 Å². The first-order valence-corrected chi connectivity index (χ1v) is 14.2. The molecule has 39 heavy (non-hydrogen) atoms. The Hall–Kier alpha value is -3.30. The maximum atomic E-state index is 14.5. The van der Waals surface area contributed by atoms with E-state index in [-0.39, 0.29) is 35.3 Å². The Morgan fingerprint density at radius 3 is 2.26 bits per heavy atom. The number of benzene rings is 2. The summed E-state index contributed by atoms with van der Waals surface area (Å²) in [4.78, 5) is 36.0. The average molecular weight is 535 g/mol. The summed E-state index contributed by atoms with van der Waals surface area (Å²) in [6, 6.07) is 11.4. The molecule has 8 nitrogen and oxygen atoms in total. The van der Waals surface area contributed by atoms with E-state index in [1.165, 1.54) is 6.07 Å². The van der Waals surface area contributed by atoms with E-state index >= 15 is 0 Å². The van der Waals surface area contributed by atoms with E-state index in [2.05, 4.69) is 40.1 Å². The van der Waals surface area contributed by atoms with Gasteiger partial charge in [0.2, 0.25) is 5.91 Å². The van der Waals surface area contributed by atoms with Gasteiger partial charge in [-0.25, -0.2) is 9.37 Å². The highest BCUT2D eigenvalue weighted by Gasteiger charge is 2.41. The molecule has 0 saturated carbocycles. The van der Waals surface area contributed by atoms with Crippen molar-refractivity contribution in [2.75, 3.05) is 31.5 Å². The standard InChI is InChI=1S/C30H39FN6O2/c1-18(2)28-34-24-9-5-6-21(27(24)36-28)29(38)37-26(20-12-16-33-17-13-20)25(19-10-14-32-15-11-19)30(39)35-23-8-4-3-7-22(23)31/h3-9,18-20,25-26,32-33H,10-17H2,1-2H3,(H,34,36)(H,35,39)(H,37,38). The second-order valence-corrected chi connectivity index (χ2v) is 11.1. The fraction of sp³-hybridized carbons (Fsp3) is 0.500. The molecule has 3 aromatic rings. The number of hydrogen-bond donors (Lipinski definition) is 5. The fourth-order valence-corrected chi connectivity index (χ4v) is 6.09. The van der Waals surface area contributed by atoms with E-state index in [1.807, 2.05) is 12.1 Å². The van der Waals surface area contributed by atoms with Crippen molar-refractivity contribution < 1.29 is 14.0 Å². The zero-order valence-corrected chi connectivity index (χ0v) is 22.7. The molecule has 2 atom stereocenters. The van der Waals surface area contributed by atoms with Crippen LogP contribution in [0, 0.1) is 23.6 Å². The summed E-state index contributed by atoms with van der Waals surface area (Å²) in [6.45, 7) is 7.40. The first-order valence-electron chi connectivity index (χ1n) is 14.2. The predicted octanol–water partition coefficient (Wildman–Crippen LogP) is 4.18. The van der Waals surface area contributed by atoms with Crippen LogP contribution in [0.15, 0.2) is 42.5 Å². The van der Waals surface area contributed by atoms with Gasteiger partial charge in [0.1, 0.15) is 17.2 Å². The van der Waals surface area contributed by atoms with Crippen molar-refractivity contribution in [1.29, 1.82) is 0 Å². The van der Waals surface area contributed by atoms with Crippen LogP contribution in [0.4, 0.5) is 10.1 Å². The number of amides is 2. The number of halogens is 1. The molecule has 0 bridgehead atoms. The maximum absolute atomic E-state index is 14.5. The lowest BCUT2D eigenvalue weighted by Gasteiger charge is -2.40. The molecular formula is C30H39FN6O2. The van der Waals surface area contributed by atoms with Crippen LogP contribution in [0.25, 0.3) is 11.0 Å². The summed E-state index contributed by atoms with van der Waals surface area (Å²) in [7, 11) is 0. The molecule has 0 radical (unpaired) electrons. The molecule has 3 heterocycles. The molecule has 1 aromatic heterocycles. The zero-order valence-electron chi connectivity index (χ0n) is 22.7. The number of aromatic nitrogens is 2. The third kappa shape index (κ3) is 6.15. The molecule has 2 saturated heterocycles. The summed E-state index contributed by atoms with van der Waals surface area (Å²) < 4.78 is 14.5. The lowest BCUT2D eigenvalue weighted by molar-refractivity contribution is -0.123. The summed E-state index contributed by atoms with van der Waals surface area (Å²) in [5.41, 5.74) is 2.11. The number of para-hydroxylation sites is 2. The first-order chi connectivity index (χ1) is 18.9. The molecule has 2 amide bonds. The van der Waals surface area contributed by atoms with Gasteiger partial charge in [0.25, 0.3) is 5.91 Å². The Labute approximate surface area is 228 Å². The van der Waals surface area contributed by atoms with Gasteiger partial charge >= 0.3 is 0 Å². The molecule has 2 unspecified atom stereocenters. The highest BCUT2D eigenvalue weighted by atomic mass is 19.1. The number of fused-ring (bicyclic) bond motifs is 1. The second kappa shape index (κ2) is 12.3. The van der Waals surface area contributed by atoms with Crippen LogP contribution in [0.3, 0.4) is 0 Å². The van der Waals surface area contributed by atoms with E-state index in [4.69, 9.17) is 4.98 Å². The van der Waals surface area contributed by atoms with E-state index in [0.29, 0.717) is 11.1 Å². The average Bonchev–Trinajstić information content (AvgIpc) is 3.40.